The molecule has 2 aromatic heterocycles. The molecule has 0 saturated heterocycles. The highest BCUT2D eigenvalue weighted by atomic mass is 15.1. The van der Waals surface area contributed by atoms with E-state index in [-0.39, 0.29) is 0 Å². The number of rotatable bonds is 5. The number of hydrogen-bond donors (Lipinski definition) is 1. The van der Waals surface area contributed by atoms with Gasteiger partial charge in [-0.2, -0.15) is 0 Å². The smallest absolute Gasteiger partial charge is 0.123 e. The fraction of sp³-hybridized carbons (Fsp3) is 0.286. The van der Waals surface area contributed by atoms with Crippen LogP contribution in [0.1, 0.15) is 18.2 Å². The lowest BCUT2D eigenvalue weighted by Gasteiger charge is -2.19. The predicted molar refractivity (Wildman–Crippen MR) is 72.7 cm³/mol. The second-order valence-electron chi connectivity index (χ2n) is 4.22. The third-order valence-electron chi connectivity index (χ3n) is 2.81. The van der Waals surface area contributed by atoms with E-state index in [1.807, 2.05) is 42.7 Å². The molecule has 0 aliphatic heterocycles. The Morgan fingerprint density at radius 3 is 2.61 bits per heavy atom. The van der Waals surface area contributed by atoms with Gasteiger partial charge in [-0.1, -0.05) is 19.1 Å². The fourth-order valence-corrected chi connectivity index (χ4v) is 1.79. The Hall–Kier alpha value is -1.94. The van der Waals surface area contributed by atoms with Crippen molar-refractivity contribution < 1.29 is 0 Å². The summed E-state index contributed by atoms with van der Waals surface area (Å²) in [5.74, 6) is 0.562. The van der Waals surface area contributed by atoms with Crippen molar-refractivity contribution in [2.75, 3.05) is 12.3 Å². The van der Waals surface area contributed by atoms with Crippen LogP contribution in [0, 0.1) is 0 Å². The van der Waals surface area contributed by atoms with Crippen LogP contribution in [0.3, 0.4) is 0 Å². The molecule has 4 nitrogen and oxygen atoms in total. The van der Waals surface area contributed by atoms with Crippen molar-refractivity contribution in [1.82, 2.24) is 14.9 Å². The summed E-state index contributed by atoms with van der Waals surface area (Å²) >= 11 is 0. The van der Waals surface area contributed by atoms with E-state index < -0.39 is 0 Å². The molecule has 0 aromatic carbocycles. The topological polar surface area (TPSA) is 55.0 Å². The lowest BCUT2D eigenvalue weighted by molar-refractivity contribution is 0.268. The first-order chi connectivity index (χ1) is 8.78. The molecular formula is C14H18N4. The number of nitrogens with two attached hydrogens (primary N) is 1. The van der Waals surface area contributed by atoms with Crippen molar-refractivity contribution in [3.05, 3.63) is 54.0 Å². The van der Waals surface area contributed by atoms with E-state index >= 15 is 0 Å². The van der Waals surface area contributed by atoms with E-state index in [0.717, 1.165) is 25.3 Å². The zero-order valence-corrected chi connectivity index (χ0v) is 10.6. The summed E-state index contributed by atoms with van der Waals surface area (Å²) in [6.07, 6.45) is 3.66. The first-order valence-electron chi connectivity index (χ1n) is 6.10. The van der Waals surface area contributed by atoms with E-state index in [2.05, 4.69) is 21.8 Å². The van der Waals surface area contributed by atoms with Crippen molar-refractivity contribution in [2.24, 2.45) is 0 Å². The molecule has 2 rings (SSSR count). The number of anilines is 1. The SMILES string of the molecule is CCN(Cc1ccc(N)nc1)Cc1ccccn1. The minimum Gasteiger partial charge on any atom is -0.384 e. The quantitative estimate of drug-likeness (QED) is 0.872. The van der Waals surface area contributed by atoms with Gasteiger partial charge in [-0.05, 0) is 30.3 Å². The fourth-order valence-electron chi connectivity index (χ4n) is 1.79. The maximum Gasteiger partial charge on any atom is 0.123 e. The summed E-state index contributed by atoms with van der Waals surface area (Å²) in [5, 5.41) is 0. The molecule has 18 heavy (non-hydrogen) atoms. The van der Waals surface area contributed by atoms with Gasteiger partial charge in [0.2, 0.25) is 0 Å². The maximum atomic E-state index is 5.58. The van der Waals surface area contributed by atoms with Gasteiger partial charge in [0.1, 0.15) is 5.82 Å². The van der Waals surface area contributed by atoms with Gasteiger partial charge in [-0.15, -0.1) is 0 Å². The Bertz CT molecular complexity index is 467. The number of pyridine rings is 2. The molecule has 2 heterocycles. The minimum atomic E-state index is 0.562. The van der Waals surface area contributed by atoms with Crippen LogP contribution >= 0.6 is 0 Å². The van der Waals surface area contributed by atoms with E-state index in [1.54, 1.807) is 0 Å². The average Bonchev–Trinajstić information content (AvgIpc) is 2.41. The van der Waals surface area contributed by atoms with Crippen LogP contribution < -0.4 is 5.73 Å². The number of nitrogen functional groups attached to an aromatic ring is 1. The van der Waals surface area contributed by atoms with E-state index in [4.69, 9.17) is 5.73 Å². The Balaban J connectivity index is 1.99. The zero-order valence-electron chi connectivity index (χ0n) is 10.6. The van der Waals surface area contributed by atoms with Crippen LogP contribution in [0.2, 0.25) is 0 Å². The van der Waals surface area contributed by atoms with Crippen molar-refractivity contribution in [3.8, 4) is 0 Å². The highest BCUT2D eigenvalue weighted by molar-refractivity contribution is 5.29. The molecule has 94 valence electrons. The molecule has 4 heteroatoms. The summed E-state index contributed by atoms with van der Waals surface area (Å²) in [7, 11) is 0. The van der Waals surface area contributed by atoms with Gasteiger partial charge >= 0.3 is 0 Å². The molecule has 0 aliphatic carbocycles. The van der Waals surface area contributed by atoms with Gasteiger partial charge in [0.25, 0.3) is 0 Å². The predicted octanol–water partition coefficient (Wildman–Crippen LogP) is 2.08. The molecule has 0 fully saturated rings. The second-order valence-corrected chi connectivity index (χ2v) is 4.22. The summed E-state index contributed by atoms with van der Waals surface area (Å²) in [4.78, 5) is 10.8. The molecule has 0 amide bonds. The highest BCUT2D eigenvalue weighted by Gasteiger charge is 2.05. The Labute approximate surface area is 107 Å². The summed E-state index contributed by atoms with van der Waals surface area (Å²) in [6.45, 7) is 4.83. The summed E-state index contributed by atoms with van der Waals surface area (Å²) in [5.41, 5.74) is 7.83. The van der Waals surface area contributed by atoms with Gasteiger partial charge in [0.05, 0.1) is 5.69 Å². The van der Waals surface area contributed by atoms with Gasteiger partial charge < -0.3 is 5.73 Å². The third kappa shape index (κ3) is 3.53. The first-order valence-corrected chi connectivity index (χ1v) is 6.10. The molecule has 0 saturated carbocycles. The molecule has 2 N–H and O–H groups in total. The molecule has 0 atom stereocenters. The van der Waals surface area contributed by atoms with Gasteiger partial charge in [-0.25, -0.2) is 4.98 Å². The van der Waals surface area contributed by atoms with E-state index in [0.29, 0.717) is 5.82 Å². The van der Waals surface area contributed by atoms with Crippen molar-refractivity contribution in [2.45, 2.75) is 20.0 Å². The second kappa shape index (κ2) is 6.12. The van der Waals surface area contributed by atoms with Crippen molar-refractivity contribution in [1.29, 1.82) is 0 Å². The van der Waals surface area contributed by atoms with Gasteiger partial charge in [0, 0.05) is 25.5 Å². The maximum absolute atomic E-state index is 5.58. The highest BCUT2D eigenvalue weighted by Crippen LogP contribution is 2.08. The molecule has 2 aromatic rings. The standard InChI is InChI=1S/C14H18N4/c1-2-18(11-13-5-3-4-8-16-13)10-12-6-7-14(15)17-9-12/h3-9H,2,10-11H2,1H3,(H2,15,17). The van der Waals surface area contributed by atoms with Crippen LogP contribution in [0.4, 0.5) is 5.82 Å². The third-order valence-corrected chi connectivity index (χ3v) is 2.81. The molecule has 0 radical (unpaired) electrons. The van der Waals surface area contributed by atoms with Crippen LogP contribution in [-0.2, 0) is 13.1 Å². The molecular weight excluding hydrogens is 224 g/mol. The number of nitrogens with zero attached hydrogens (tertiary/aromatic N) is 3. The van der Waals surface area contributed by atoms with Crippen LogP contribution in [-0.4, -0.2) is 21.4 Å². The number of aromatic nitrogens is 2. The van der Waals surface area contributed by atoms with Crippen molar-refractivity contribution >= 4 is 5.82 Å². The molecule has 0 aliphatic rings. The average molecular weight is 242 g/mol. The lowest BCUT2D eigenvalue weighted by Crippen LogP contribution is -2.22. The Kier molecular flexibility index (Phi) is 4.25. The summed E-state index contributed by atoms with van der Waals surface area (Å²) in [6, 6.07) is 9.85. The van der Waals surface area contributed by atoms with E-state index in [1.165, 1.54) is 5.56 Å². The van der Waals surface area contributed by atoms with Gasteiger partial charge in [-0.3, -0.25) is 9.88 Å². The molecule has 0 bridgehead atoms. The van der Waals surface area contributed by atoms with Crippen LogP contribution in [0.25, 0.3) is 0 Å². The van der Waals surface area contributed by atoms with Crippen molar-refractivity contribution in [3.63, 3.8) is 0 Å². The van der Waals surface area contributed by atoms with E-state index in [9.17, 15) is 0 Å². The first kappa shape index (κ1) is 12.5. The molecule has 0 unspecified atom stereocenters. The largest absolute Gasteiger partial charge is 0.384 e. The molecule has 0 spiro atoms. The monoisotopic (exact) mass is 242 g/mol. The zero-order chi connectivity index (χ0) is 12.8. The van der Waals surface area contributed by atoms with Crippen LogP contribution in [0.5, 0.6) is 0 Å². The normalized spacial score (nSPS) is 10.8. The Morgan fingerprint density at radius 1 is 1.11 bits per heavy atom. The van der Waals surface area contributed by atoms with Crippen LogP contribution in [0.15, 0.2) is 42.7 Å². The van der Waals surface area contributed by atoms with Gasteiger partial charge in [0.15, 0.2) is 0 Å². The number of hydrogen-bond acceptors (Lipinski definition) is 4. The lowest BCUT2D eigenvalue weighted by atomic mass is 10.2. The minimum absolute atomic E-state index is 0.562. The Morgan fingerprint density at radius 2 is 2.00 bits per heavy atom. The summed E-state index contributed by atoms with van der Waals surface area (Å²) < 4.78 is 0.